The third-order valence-electron chi connectivity index (χ3n) is 7.01. The van der Waals surface area contributed by atoms with Crippen LogP contribution in [0.3, 0.4) is 0 Å². The van der Waals surface area contributed by atoms with Crippen LogP contribution < -0.4 is 0 Å². The van der Waals surface area contributed by atoms with E-state index in [4.69, 9.17) is 0 Å². The molecule has 2 aliphatic heterocycles. The Hall–Kier alpha value is -2.82. The number of aromatic nitrogens is 1. The number of carbonyl (C=O) groups is 2. The predicted octanol–water partition coefficient (Wildman–Crippen LogP) is 4.60. The molecule has 1 aromatic heterocycles. The van der Waals surface area contributed by atoms with E-state index in [1.807, 2.05) is 29.2 Å². The minimum absolute atomic E-state index is 0.0343. The summed E-state index contributed by atoms with van der Waals surface area (Å²) in [6.07, 6.45) is 7.48. The third kappa shape index (κ3) is 4.82. The van der Waals surface area contributed by atoms with Gasteiger partial charge in [0.1, 0.15) is 0 Å². The highest BCUT2D eigenvalue weighted by molar-refractivity contribution is 5.92. The fourth-order valence-corrected chi connectivity index (χ4v) is 5.19. The molecule has 0 bridgehead atoms. The second-order valence-corrected chi connectivity index (χ2v) is 9.46. The van der Waals surface area contributed by atoms with Gasteiger partial charge in [0.15, 0.2) is 0 Å². The Balaban J connectivity index is 1.35. The van der Waals surface area contributed by atoms with Gasteiger partial charge in [-0.2, -0.15) is 0 Å². The van der Waals surface area contributed by atoms with E-state index in [1.165, 1.54) is 6.42 Å². The lowest BCUT2D eigenvalue weighted by Gasteiger charge is -2.37. The van der Waals surface area contributed by atoms with Crippen molar-refractivity contribution in [3.63, 3.8) is 0 Å². The van der Waals surface area contributed by atoms with Crippen LogP contribution in [0, 0.1) is 25.7 Å². The SMILES string of the molecule is Cc1cc(C=CC(=O)N2CCC(C(=O)N3CCCC(C)C3)CC2)c(C)n1-c1ccccc1. The van der Waals surface area contributed by atoms with Gasteiger partial charge in [-0.1, -0.05) is 25.1 Å². The summed E-state index contributed by atoms with van der Waals surface area (Å²) >= 11 is 0. The van der Waals surface area contributed by atoms with Crippen molar-refractivity contribution in [3.05, 3.63) is 59.4 Å². The summed E-state index contributed by atoms with van der Waals surface area (Å²) in [6.45, 7) is 9.50. The molecule has 1 aromatic carbocycles. The highest BCUT2D eigenvalue weighted by atomic mass is 16.2. The first-order valence-corrected chi connectivity index (χ1v) is 11.9. The number of piperidine rings is 2. The molecule has 0 radical (unpaired) electrons. The Labute approximate surface area is 191 Å². The quantitative estimate of drug-likeness (QED) is 0.662. The first kappa shape index (κ1) is 22.4. The first-order valence-electron chi connectivity index (χ1n) is 11.9. The van der Waals surface area contributed by atoms with Gasteiger partial charge in [0.2, 0.25) is 11.8 Å². The molecule has 4 rings (SSSR count). The molecule has 1 unspecified atom stereocenters. The number of para-hydroxylation sites is 1. The van der Waals surface area contributed by atoms with Crippen molar-refractivity contribution >= 4 is 17.9 Å². The van der Waals surface area contributed by atoms with Crippen LogP contribution in [0.15, 0.2) is 42.5 Å². The van der Waals surface area contributed by atoms with Crippen molar-refractivity contribution in [1.29, 1.82) is 0 Å². The number of likely N-dealkylation sites (tertiary alicyclic amines) is 2. The Morgan fingerprint density at radius 2 is 1.69 bits per heavy atom. The smallest absolute Gasteiger partial charge is 0.246 e. The lowest BCUT2D eigenvalue weighted by molar-refractivity contribution is -0.140. The Bertz CT molecular complexity index is 984. The fraction of sp³-hybridized carbons (Fsp3) is 0.481. The average Bonchev–Trinajstić information content (AvgIpc) is 3.10. The average molecular weight is 434 g/mol. The predicted molar refractivity (Wildman–Crippen MR) is 129 cm³/mol. The molecular weight excluding hydrogens is 398 g/mol. The molecule has 1 atom stereocenters. The number of aryl methyl sites for hydroxylation is 1. The molecule has 2 amide bonds. The summed E-state index contributed by atoms with van der Waals surface area (Å²) in [5.41, 5.74) is 4.46. The second-order valence-electron chi connectivity index (χ2n) is 9.46. The van der Waals surface area contributed by atoms with Crippen LogP contribution in [-0.2, 0) is 9.59 Å². The Kier molecular flexibility index (Phi) is 6.83. The summed E-state index contributed by atoms with van der Waals surface area (Å²) in [5.74, 6) is 1.00. The van der Waals surface area contributed by atoms with Gasteiger partial charge in [-0.25, -0.2) is 0 Å². The van der Waals surface area contributed by atoms with Crippen LogP contribution in [-0.4, -0.2) is 52.4 Å². The van der Waals surface area contributed by atoms with Crippen molar-refractivity contribution in [2.24, 2.45) is 11.8 Å². The number of benzene rings is 1. The molecule has 2 fully saturated rings. The van der Waals surface area contributed by atoms with Gasteiger partial charge in [0, 0.05) is 55.2 Å². The van der Waals surface area contributed by atoms with Gasteiger partial charge in [-0.05, 0) is 75.3 Å². The van der Waals surface area contributed by atoms with Gasteiger partial charge in [-0.15, -0.1) is 0 Å². The molecule has 170 valence electrons. The number of carbonyl (C=O) groups excluding carboxylic acids is 2. The zero-order valence-electron chi connectivity index (χ0n) is 19.6. The largest absolute Gasteiger partial charge is 0.342 e. The van der Waals surface area contributed by atoms with Crippen molar-refractivity contribution in [2.75, 3.05) is 26.2 Å². The highest BCUT2D eigenvalue weighted by Gasteiger charge is 2.31. The molecule has 5 nitrogen and oxygen atoms in total. The molecule has 0 N–H and O–H groups in total. The van der Waals surface area contributed by atoms with Crippen molar-refractivity contribution in [2.45, 2.75) is 46.5 Å². The number of hydrogen-bond acceptors (Lipinski definition) is 2. The van der Waals surface area contributed by atoms with E-state index in [1.54, 1.807) is 6.08 Å². The van der Waals surface area contributed by atoms with Gasteiger partial charge in [0.05, 0.1) is 0 Å². The van der Waals surface area contributed by atoms with Crippen LogP contribution in [0.1, 0.15) is 49.6 Å². The van der Waals surface area contributed by atoms with Crippen LogP contribution in [0.4, 0.5) is 0 Å². The minimum atomic E-state index is 0.0343. The topological polar surface area (TPSA) is 45.6 Å². The second kappa shape index (κ2) is 9.76. The molecule has 5 heteroatoms. The molecule has 0 spiro atoms. The van der Waals surface area contributed by atoms with Gasteiger partial charge in [0.25, 0.3) is 0 Å². The summed E-state index contributed by atoms with van der Waals surface area (Å²) in [5, 5.41) is 0. The summed E-state index contributed by atoms with van der Waals surface area (Å²) in [7, 11) is 0. The first-order chi connectivity index (χ1) is 15.4. The maximum Gasteiger partial charge on any atom is 0.246 e. The molecule has 2 aliphatic rings. The van der Waals surface area contributed by atoms with Crippen molar-refractivity contribution in [3.8, 4) is 5.69 Å². The lowest BCUT2D eigenvalue weighted by atomic mass is 9.92. The molecule has 2 aromatic rings. The minimum Gasteiger partial charge on any atom is -0.342 e. The maximum absolute atomic E-state index is 12.9. The van der Waals surface area contributed by atoms with Gasteiger partial charge >= 0.3 is 0 Å². The summed E-state index contributed by atoms with van der Waals surface area (Å²) in [6, 6.07) is 12.4. The maximum atomic E-state index is 12.9. The Morgan fingerprint density at radius 3 is 2.38 bits per heavy atom. The van der Waals surface area contributed by atoms with E-state index in [0.29, 0.717) is 24.9 Å². The standard InChI is InChI=1S/C27H35N3O2/c1-20-8-7-15-29(19-20)27(32)23-13-16-28(17-14-23)26(31)12-11-24-18-21(2)30(22(24)3)25-9-5-4-6-10-25/h4-6,9-12,18,20,23H,7-8,13-17,19H2,1-3H3. The fourth-order valence-electron chi connectivity index (χ4n) is 5.19. The van der Waals surface area contributed by atoms with Crippen molar-refractivity contribution in [1.82, 2.24) is 14.4 Å². The van der Waals surface area contributed by atoms with E-state index in [-0.39, 0.29) is 11.8 Å². The van der Waals surface area contributed by atoms with Gasteiger partial charge < -0.3 is 14.4 Å². The number of nitrogens with zero attached hydrogens (tertiary/aromatic N) is 3. The number of rotatable bonds is 4. The molecule has 3 heterocycles. The van der Waals surface area contributed by atoms with Crippen LogP contribution >= 0.6 is 0 Å². The molecule has 2 saturated heterocycles. The number of hydrogen-bond donors (Lipinski definition) is 0. The zero-order chi connectivity index (χ0) is 22.7. The molecule has 0 aliphatic carbocycles. The monoisotopic (exact) mass is 433 g/mol. The highest BCUT2D eigenvalue weighted by Crippen LogP contribution is 2.25. The van der Waals surface area contributed by atoms with Crippen LogP contribution in [0.25, 0.3) is 11.8 Å². The lowest BCUT2D eigenvalue weighted by Crippen LogP contribution is -2.46. The van der Waals surface area contributed by atoms with Crippen molar-refractivity contribution < 1.29 is 9.59 Å². The Morgan fingerprint density at radius 1 is 0.969 bits per heavy atom. The molecule has 0 saturated carbocycles. The third-order valence-corrected chi connectivity index (χ3v) is 7.01. The summed E-state index contributed by atoms with van der Waals surface area (Å²) in [4.78, 5) is 29.6. The van der Waals surface area contributed by atoms with E-state index >= 15 is 0 Å². The van der Waals surface area contributed by atoms with Gasteiger partial charge in [-0.3, -0.25) is 9.59 Å². The van der Waals surface area contributed by atoms with Crippen LogP contribution in [0.5, 0.6) is 0 Å². The summed E-state index contributed by atoms with van der Waals surface area (Å²) < 4.78 is 2.21. The van der Waals surface area contributed by atoms with E-state index in [2.05, 4.69) is 48.4 Å². The molecule has 32 heavy (non-hydrogen) atoms. The zero-order valence-corrected chi connectivity index (χ0v) is 19.6. The molecular formula is C27H35N3O2. The number of amides is 2. The van der Waals surface area contributed by atoms with E-state index in [0.717, 1.165) is 55.0 Å². The van der Waals surface area contributed by atoms with Crippen LogP contribution in [0.2, 0.25) is 0 Å². The normalized spacial score (nSPS) is 20.2. The van der Waals surface area contributed by atoms with E-state index in [9.17, 15) is 9.59 Å². The van der Waals surface area contributed by atoms with E-state index < -0.39 is 0 Å².